The molecule has 1 aliphatic heterocycles. The third-order valence-electron chi connectivity index (χ3n) is 4.24. The summed E-state index contributed by atoms with van der Waals surface area (Å²) in [7, 11) is 0. The number of likely N-dealkylation sites (tertiary alicyclic amines) is 1. The fraction of sp³-hybridized carbons (Fsp3) is 0.571. The third-order valence-corrected chi connectivity index (χ3v) is 6.05. The number of rotatable bonds is 4. The predicted octanol–water partition coefficient (Wildman–Crippen LogP) is 2.65. The maximum absolute atomic E-state index is 12.6. The summed E-state index contributed by atoms with van der Waals surface area (Å²) < 4.78 is 0. The molecule has 1 aromatic rings. The van der Waals surface area contributed by atoms with Crippen LogP contribution in [0.3, 0.4) is 0 Å². The van der Waals surface area contributed by atoms with Gasteiger partial charge in [-0.3, -0.25) is 9.59 Å². The van der Waals surface area contributed by atoms with Gasteiger partial charge < -0.3 is 10.0 Å². The van der Waals surface area contributed by atoms with Crippen molar-refractivity contribution < 1.29 is 14.7 Å². The van der Waals surface area contributed by atoms with E-state index in [1.807, 2.05) is 17.7 Å². The molecular weight excluding hydrogens is 294 g/mol. The van der Waals surface area contributed by atoms with Crippen LogP contribution in [-0.4, -0.2) is 41.2 Å². The summed E-state index contributed by atoms with van der Waals surface area (Å²) in [4.78, 5) is 27.4. The maximum atomic E-state index is 12.6. The molecule has 0 aromatic carbocycles. The Morgan fingerprint density at radius 2 is 2.15 bits per heavy atom. The van der Waals surface area contributed by atoms with Crippen molar-refractivity contribution in [1.29, 1.82) is 0 Å². The number of nitrogens with zero attached hydrogens (tertiary/aromatic N) is 1. The van der Waals surface area contributed by atoms with Crippen LogP contribution in [0.5, 0.6) is 0 Å². The van der Waals surface area contributed by atoms with Crippen LogP contribution in [0.4, 0.5) is 0 Å². The second-order valence-electron chi connectivity index (χ2n) is 5.47. The van der Waals surface area contributed by atoms with Crippen molar-refractivity contribution in [3.05, 3.63) is 16.3 Å². The lowest BCUT2D eigenvalue weighted by atomic mass is 9.92. The molecule has 108 valence electrons. The highest BCUT2D eigenvalue weighted by atomic mass is 32.2. The van der Waals surface area contributed by atoms with Crippen LogP contribution in [0.1, 0.15) is 22.5 Å². The van der Waals surface area contributed by atoms with Gasteiger partial charge in [-0.05, 0) is 42.4 Å². The highest BCUT2D eigenvalue weighted by molar-refractivity contribution is 7.98. The van der Waals surface area contributed by atoms with E-state index >= 15 is 0 Å². The number of carboxylic acid groups (broad SMARTS) is 1. The largest absolute Gasteiger partial charge is 0.481 e. The van der Waals surface area contributed by atoms with E-state index in [2.05, 4.69) is 0 Å². The molecule has 1 saturated heterocycles. The van der Waals surface area contributed by atoms with Gasteiger partial charge in [0.15, 0.2) is 0 Å². The average molecular weight is 311 g/mol. The number of carboxylic acids is 1. The highest BCUT2D eigenvalue weighted by Gasteiger charge is 2.47. The standard InChI is InChI=1S/C14H17NO3S2/c1-19-11-4-5-20-12(11)13(16)15-6-9(8-2-3-8)10(7-15)14(17)18/h4-5,8-10H,2-3,6-7H2,1H3,(H,17,18)/t9-,10+/m1/s1. The first-order chi connectivity index (χ1) is 9.61. The average Bonchev–Trinajstić information content (AvgIpc) is 3.02. The number of aliphatic carboxylic acids is 1. The van der Waals surface area contributed by atoms with E-state index in [0.717, 1.165) is 22.6 Å². The fourth-order valence-corrected chi connectivity index (χ4v) is 4.73. The minimum Gasteiger partial charge on any atom is -0.481 e. The van der Waals surface area contributed by atoms with E-state index in [9.17, 15) is 14.7 Å². The Bertz CT molecular complexity index is 538. The first kappa shape index (κ1) is 13.9. The van der Waals surface area contributed by atoms with Crippen molar-refractivity contribution in [2.45, 2.75) is 17.7 Å². The molecule has 1 aliphatic carbocycles. The van der Waals surface area contributed by atoms with Gasteiger partial charge in [0.2, 0.25) is 0 Å². The van der Waals surface area contributed by atoms with Crippen LogP contribution >= 0.6 is 23.1 Å². The first-order valence-corrected chi connectivity index (χ1v) is 8.85. The van der Waals surface area contributed by atoms with E-state index in [1.54, 1.807) is 16.7 Å². The summed E-state index contributed by atoms with van der Waals surface area (Å²) in [5, 5.41) is 11.3. The number of thiophene rings is 1. The third kappa shape index (κ3) is 2.46. The lowest BCUT2D eigenvalue weighted by Crippen LogP contribution is -2.29. The van der Waals surface area contributed by atoms with Crippen molar-refractivity contribution in [3.63, 3.8) is 0 Å². The monoisotopic (exact) mass is 311 g/mol. The maximum Gasteiger partial charge on any atom is 0.308 e. The molecular formula is C14H17NO3S2. The molecule has 0 unspecified atom stereocenters. The summed E-state index contributed by atoms with van der Waals surface area (Å²) >= 11 is 3.01. The van der Waals surface area contributed by atoms with E-state index < -0.39 is 5.97 Å². The molecule has 1 aromatic heterocycles. The SMILES string of the molecule is CSc1ccsc1C(=O)N1C[C@H](C(=O)O)[C@@H](C2CC2)C1. The summed E-state index contributed by atoms with van der Waals surface area (Å²) in [6.07, 6.45) is 4.19. The van der Waals surface area contributed by atoms with Gasteiger partial charge in [0.1, 0.15) is 4.88 Å². The minimum atomic E-state index is -0.756. The Kier molecular flexibility index (Phi) is 3.77. The van der Waals surface area contributed by atoms with E-state index in [0.29, 0.717) is 19.0 Å². The molecule has 3 rings (SSSR count). The molecule has 20 heavy (non-hydrogen) atoms. The van der Waals surface area contributed by atoms with Crippen molar-refractivity contribution in [2.75, 3.05) is 19.3 Å². The van der Waals surface area contributed by atoms with Gasteiger partial charge in [-0.2, -0.15) is 0 Å². The number of carbonyl (C=O) groups is 2. The van der Waals surface area contributed by atoms with E-state index in [1.165, 1.54) is 11.3 Å². The van der Waals surface area contributed by atoms with Gasteiger partial charge in [-0.15, -0.1) is 23.1 Å². The van der Waals surface area contributed by atoms with Crippen molar-refractivity contribution in [3.8, 4) is 0 Å². The Morgan fingerprint density at radius 1 is 1.40 bits per heavy atom. The number of thioether (sulfide) groups is 1. The first-order valence-electron chi connectivity index (χ1n) is 6.75. The lowest BCUT2D eigenvalue weighted by molar-refractivity contribution is -0.142. The van der Waals surface area contributed by atoms with Crippen LogP contribution in [0.25, 0.3) is 0 Å². The molecule has 0 radical (unpaired) electrons. The zero-order chi connectivity index (χ0) is 14.3. The highest BCUT2D eigenvalue weighted by Crippen LogP contribution is 2.44. The van der Waals surface area contributed by atoms with Gasteiger partial charge in [-0.25, -0.2) is 0 Å². The van der Waals surface area contributed by atoms with Crippen molar-refractivity contribution in [1.82, 2.24) is 4.90 Å². The van der Waals surface area contributed by atoms with E-state index in [4.69, 9.17) is 0 Å². The molecule has 6 heteroatoms. The van der Waals surface area contributed by atoms with Crippen molar-refractivity contribution in [2.24, 2.45) is 17.8 Å². The molecule has 4 nitrogen and oxygen atoms in total. The number of hydrogen-bond donors (Lipinski definition) is 1. The smallest absolute Gasteiger partial charge is 0.308 e. The Hall–Kier alpha value is -1.01. The molecule has 1 saturated carbocycles. The Labute approximate surface area is 126 Å². The quantitative estimate of drug-likeness (QED) is 0.869. The van der Waals surface area contributed by atoms with Crippen molar-refractivity contribution >= 4 is 35.0 Å². The molecule has 2 atom stereocenters. The van der Waals surface area contributed by atoms with Crippen LogP contribution < -0.4 is 0 Å². The Balaban J connectivity index is 1.78. The predicted molar refractivity (Wildman–Crippen MR) is 79.3 cm³/mol. The fourth-order valence-electron chi connectivity index (χ4n) is 3.02. The molecule has 1 amide bonds. The number of carbonyl (C=O) groups excluding carboxylic acids is 1. The molecule has 2 fully saturated rings. The number of hydrogen-bond acceptors (Lipinski definition) is 4. The normalized spacial score (nSPS) is 25.9. The topological polar surface area (TPSA) is 57.6 Å². The van der Waals surface area contributed by atoms with Gasteiger partial charge in [0, 0.05) is 18.0 Å². The molecule has 2 heterocycles. The second kappa shape index (κ2) is 5.41. The van der Waals surface area contributed by atoms with Crippen LogP contribution in [0.2, 0.25) is 0 Å². The lowest BCUT2D eigenvalue weighted by Gasteiger charge is -2.16. The van der Waals surface area contributed by atoms with Crippen LogP contribution in [-0.2, 0) is 4.79 Å². The summed E-state index contributed by atoms with van der Waals surface area (Å²) in [5.74, 6) is -0.484. The molecule has 2 aliphatic rings. The van der Waals surface area contributed by atoms with Crippen LogP contribution in [0.15, 0.2) is 16.3 Å². The zero-order valence-electron chi connectivity index (χ0n) is 11.2. The van der Waals surface area contributed by atoms with Crippen LogP contribution in [0, 0.1) is 17.8 Å². The summed E-state index contributed by atoms with van der Waals surface area (Å²) in [6.45, 7) is 0.966. The zero-order valence-corrected chi connectivity index (χ0v) is 12.9. The Morgan fingerprint density at radius 3 is 2.75 bits per heavy atom. The summed E-state index contributed by atoms with van der Waals surface area (Å²) in [6, 6.07) is 1.95. The van der Waals surface area contributed by atoms with Gasteiger partial charge >= 0.3 is 5.97 Å². The molecule has 0 spiro atoms. The second-order valence-corrected chi connectivity index (χ2v) is 7.24. The van der Waals surface area contributed by atoms with Gasteiger partial charge in [0.25, 0.3) is 5.91 Å². The number of amides is 1. The van der Waals surface area contributed by atoms with Gasteiger partial charge in [0.05, 0.1) is 5.92 Å². The summed E-state index contributed by atoms with van der Waals surface area (Å²) in [5.41, 5.74) is 0. The molecule has 0 bridgehead atoms. The van der Waals surface area contributed by atoms with Gasteiger partial charge in [-0.1, -0.05) is 0 Å². The molecule has 1 N–H and O–H groups in total. The minimum absolute atomic E-state index is 0.00116. The van der Waals surface area contributed by atoms with E-state index in [-0.39, 0.29) is 17.7 Å².